The summed E-state index contributed by atoms with van der Waals surface area (Å²) in [5, 5.41) is 3.14. The van der Waals surface area contributed by atoms with Crippen LogP contribution in [-0.2, 0) is 9.59 Å². The zero-order valence-electron chi connectivity index (χ0n) is 14.5. The Morgan fingerprint density at radius 1 is 1.21 bits per heavy atom. The van der Waals surface area contributed by atoms with Crippen LogP contribution in [-0.4, -0.2) is 39.2 Å². The largest absolute Gasteiger partial charge is 0.490 e. The fraction of sp³-hybridized carbons (Fsp3) is 0.235. The number of carbonyl (C=O) groups excluding carboxylic acids is 4. The molecule has 1 aromatic rings. The Balaban J connectivity index is 1.74. The summed E-state index contributed by atoms with van der Waals surface area (Å²) in [6, 6.07) is 4.90. The van der Waals surface area contributed by atoms with Gasteiger partial charge in [-0.3, -0.25) is 24.5 Å². The highest BCUT2D eigenvalue weighted by Gasteiger charge is 2.34. The summed E-state index contributed by atoms with van der Waals surface area (Å²) in [7, 11) is 0. The molecule has 1 unspecified atom stereocenters. The number of thiocarbonyl (C=S) groups is 1. The first-order valence-electron chi connectivity index (χ1n) is 8.09. The van der Waals surface area contributed by atoms with Crippen LogP contribution in [0.3, 0.4) is 0 Å². The van der Waals surface area contributed by atoms with Crippen molar-refractivity contribution in [2.45, 2.75) is 18.6 Å². The van der Waals surface area contributed by atoms with E-state index in [1.54, 1.807) is 31.2 Å². The first-order valence-corrected chi connectivity index (χ1v) is 10.2. The Morgan fingerprint density at radius 2 is 2.00 bits per heavy atom. The summed E-state index contributed by atoms with van der Waals surface area (Å²) in [5.41, 5.74) is 0.709. The summed E-state index contributed by atoms with van der Waals surface area (Å²) >= 11 is 6.85. The van der Waals surface area contributed by atoms with Crippen LogP contribution in [0.2, 0.25) is 0 Å². The number of esters is 1. The first-order chi connectivity index (χ1) is 13.4. The van der Waals surface area contributed by atoms with Gasteiger partial charge in [-0.05, 0) is 42.5 Å². The Hall–Kier alpha value is -2.37. The summed E-state index contributed by atoms with van der Waals surface area (Å²) < 4.78 is 10.9. The van der Waals surface area contributed by atoms with Gasteiger partial charge in [0.15, 0.2) is 11.5 Å². The lowest BCUT2D eigenvalue weighted by atomic mass is 10.2. The van der Waals surface area contributed by atoms with Crippen LogP contribution in [0.1, 0.15) is 18.9 Å². The fourth-order valence-electron chi connectivity index (χ4n) is 2.38. The van der Waals surface area contributed by atoms with Crippen molar-refractivity contribution in [1.82, 2.24) is 10.6 Å². The molecule has 3 rings (SSSR count). The minimum atomic E-state index is -0.801. The fourth-order valence-corrected chi connectivity index (χ4v) is 4.22. The number of ether oxygens (including phenoxy) is 2. The third-order valence-corrected chi connectivity index (χ3v) is 5.81. The molecule has 1 atom stereocenters. The normalized spacial score (nSPS) is 20.3. The molecule has 2 fully saturated rings. The molecule has 146 valence electrons. The van der Waals surface area contributed by atoms with E-state index in [9.17, 15) is 19.2 Å². The van der Waals surface area contributed by atoms with E-state index in [-0.39, 0.29) is 17.4 Å². The van der Waals surface area contributed by atoms with Crippen molar-refractivity contribution < 1.29 is 28.7 Å². The molecule has 2 saturated heterocycles. The van der Waals surface area contributed by atoms with Gasteiger partial charge in [-0.15, -0.1) is 0 Å². The van der Waals surface area contributed by atoms with E-state index in [0.717, 1.165) is 23.5 Å². The molecule has 0 spiro atoms. The van der Waals surface area contributed by atoms with Gasteiger partial charge < -0.3 is 14.8 Å². The smallest absolute Gasteiger partial charge is 0.312 e. The monoisotopic (exact) mass is 438 g/mol. The lowest BCUT2D eigenvalue weighted by Crippen LogP contribution is -2.27. The van der Waals surface area contributed by atoms with Crippen molar-refractivity contribution >= 4 is 69.2 Å². The number of hydrogen-bond acceptors (Lipinski definition) is 9. The molecule has 0 aliphatic carbocycles. The SMILES string of the molecule is CCOc1cc(/C=C2\SC(=O)NC2=S)ccc1OC(=O)CC1SC(=O)NC1=O. The Morgan fingerprint density at radius 3 is 2.61 bits per heavy atom. The number of benzene rings is 1. The second-order valence-electron chi connectivity index (χ2n) is 5.55. The van der Waals surface area contributed by atoms with Gasteiger partial charge in [0.1, 0.15) is 10.2 Å². The van der Waals surface area contributed by atoms with Gasteiger partial charge >= 0.3 is 5.97 Å². The summed E-state index contributed by atoms with van der Waals surface area (Å²) in [6.07, 6.45) is 1.49. The van der Waals surface area contributed by atoms with Crippen LogP contribution in [0, 0.1) is 0 Å². The predicted octanol–water partition coefficient (Wildman–Crippen LogP) is 2.86. The lowest BCUT2D eigenvalue weighted by Gasteiger charge is -2.12. The summed E-state index contributed by atoms with van der Waals surface area (Å²) in [5.74, 6) is -0.638. The third-order valence-electron chi connectivity index (χ3n) is 3.55. The van der Waals surface area contributed by atoms with Crippen molar-refractivity contribution in [2.24, 2.45) is 0 Å². The van der Waals surface area contributed by atoms with Crippen LogP contribution in [0.4, 0.5) is 9.59 Å². The standard InChI is InChI=1S/C17H14N2O6S3/c1-2-24-10-5-8(6-12-15(26)19-17(23)28-12)3-4-9(10)25-13(20)7-11-14(21)18-16(22)27-11/h3-6,11H,2,7H2,1H3,(H,18,21,22)(H,19,23,26)/b12-6-. The second kappa shape index (κ2) is 8.76. The maximum absolute atomic E-state index is 12.2. The number of hydrogen-bond donors (Lipinski definition) is 2. The minimum absolute atomic E-state index is 0.194. The Kier molecular flexibility index (Phi) is 6.37. The van der Waals surface area contributed by atoms with Crippen LogP contribution in [0.25, 0.3) is 6.08 Å². The molecule has 2 N–H and O–H groups in total. The highest BCUT2D eigenvalue weighted by Crippen LogP contribution is 2.33. The van der Waals surface area contributed by atoms with Gasteiger partial charge in [-0.25, -0.2) is 0 Å². The van der Waals surface area contributed by atoms with Crippen molar-refractivity contribution in [3.8, 4) is 11.5 Å². The van der Waals surface area contributed by atoms with Crippen LogP contribution in [0.5, 0.6) is 11.5 Å². The van der Waals surface area contributed by atoms with Gasteiger partial charge in [0.2, 0.25) is 5.91 Å². The van der Waals surface area contributed by atoms with Crippen LogP contribution in [0.15, 0.2) is 23.1 Å². The Bertz CT molecular complexity index is 914. The number of carbonyl (C=O) groups is 4. The van der Waals surface area contributed by atoms with E-state index in [1.807, 2.05) is 0 Å². The molecule has 0 radical (unpaired) electrons. The molecule has 11 heteroatoms. The minimum Gasteiger partial charge on any atom is -0.490 e. The second-order valence-corrected chi connectivity index (χ2v) is 8.15. The molecule has 1 aromatic carbocycles. The molecule has 0 bridgehead atoms. The molecule has 2 aliphatic heterocycles. The van der Waals surface area contributed by atoms with Gasteiger partial charge in [-0.2, -0.15) is 0 Å². The zero-order valence-corrected chi connectivity index (χ0v) is 16.9. The van der Waals surface area contributed by atoms with Gasteiger partial charge in [0, 0.05) is 0 Å². The predicted molar refractivity (Wildman–Crippen MR) is 109 cm³/mol. The van der Waals surface area contributed by atoms with E-state index in [4.69, 9.17) is 21.7 Å². The average Bonchev–Trinajstić information content (AvgIpc) is 3.10. The van der Waals surface area contributed by atoms with Crippen molar-refractivity contribution in [3.63, 3.8) is 0 Å². The molecule has 2 heterocycles. The van der Waals surface area contributed by atoms with Crippen LogP contribution < -0.4 is 20.1 Å². The van der Waals surface area contributed by atoms with E-state index >= 15 is 0 Å². The van der Waals surface area contributed by atoms with Crippen molar-refractivity contribution in [2.75, 3.05) is 6.61 Å². The lowest BCUT2D eigenvalue weighted by molar-refractivity contribution is -0.136. The topological polar surface area (TPSA) is 111 Å². The van der Waals surface area contributed by atoms with E-state index < -0.39 is 22.4 Å². The molecular weight excluding hydrogens is 424 g/mol. The average molecular weight is 439 g/mol. The Labute approximate surface area is 173 Å². The summed E-state index contributed by atoms with van der Waals surface area (Å²) in [4.78, 5) is 47.2. The summed E-state index contributed by atoms with van der Waals surface area (Å²) in [6.45, 7) is 2.12. The maximum atomic E-state index is 12.2. The molecule has 0 aromatic heterocycles. The molecule has 0 saturated carbocycles. The molecular formula is C17H14N2O6S3. The van der Waals surface area contributed by atoms with Crippen molar-refractivity contribution in [1.29, 1.82) is 0 Å². The third kappa shape index (κ3) is 4.91. The maximum Gasteiger partial charge on any atom is 0.312 e. The zero-order chi connectivity index (χ0) is 20.3. The van der Waals surface area contributed by atoms with Crippen molar-refractivity contribution in [3.05, 3.63) is 28.7 Å². The van der Waals surface area contributed by atoms with Crippen LogP contribution >= 0.6 is 35.7 Å². The number of imide groups is 1. The molecule has 2 aliphatic rings. The number of rotatable bonds is 6. The van der Waals surface area contributed by atoms with E-state index in [0.29, 0.717) is 27.8 Å². The van der Waals surface area contributed by atoms with E-state index in [1.165, 1.54) is 0 Å². The van der Waals surface area contributed by atoms with Gasteiger partial charge in [0.25, 0.3) is 10.5 Å². The first kappa shape index (κ1) is 20.4. The van der Waals surface area contributed by atoms with Gasteiger partial charge in [-0.1, -0.05) is 30.0 Å². The number of thioether (sulfide) groups is 2. The van der Waals surface area contributed by atoms with E-state index in [2.05, 4.69) is 10.6 Å². The highest BCUT2D eigenvalue weighted by molar-refractivity contribution is 8.19. The highest BCUT2D eigenvalue weighted by atomic mass is 32.2. The quantitative estimate of drug-likeness (QED) is 0.300. The molecule has 8 nitrogen and oxygen atoms in total. The molecule has 28 heavy (non-hydrogen) atoms. The molecule has 3 amide bonds. The van der Waals surface area contributed by atoms with Gasteiger partial charge in [0.05, 0.1) is 17.9 Å². The number of nitrogens with one attached hydrogen (secondary N) is 2. The number of amides is 3.